The summed E-state index contributed by atoms with van der Waals surface area (Å²) in [5, 5.41) is 0. The van der Waals surface area contributed by atoms with Crippen molar-refractivity contribution in [2.45, 2.75) is 32.2 Å². The molecule has 7 heteroatoms. The van der Waals surface area contributed by atoms with Gasteiger partial charge in [0, 0.05) is 63.1 Å². The third-order valence-corrected chi connectivity index (χ3v) is 5.60. The number of nitrogens with zero attached hydrogens (tertiary/aromatic N) is 2. The van der Waals surface area contributed by atoms with Crippen LogP contribution in [0.5, 0.6) is 5.75 Å². The average Bonchev–Trinajstić information content (AvgIpc) is 2.63. The molecule has 2 saturated heterocycles. The minimum atomic E-state index is -0.0954. The molecule has 2 aliphatic rings. The van der Waals surface area contributed by atoms with Crippen molar-refractivity contribution in [3.63, 3.8) is 0 Å². The average molecular weight is 363 g/mol. The van der Waals surface area contributed by atoms with Crippen LogP contribution in [0.25, 0.3) is 0 Å². The van der Waals surface area contributed by atoms with Gasteiger partial charge in [0.15, 0.2) is 5.75 Å². The van der Waals surface area contributed by atoms with Gasteiger partial charge in [0.2, 0.25) is 11.3 Å². The number of likely N-dealkylation sites (tertiary alicyclic amines) is 2. The molecule has 1 atom stereocenters. The van der Waals surface area contributed by atoms with Crippen molar-refractivity contribution in [2.75, 3.05) is 47.0 Å². The number of ether oxygens (including phenoxy) is 2. The van der Waals surface area contributed by atoms with Gasteiger partial charge in [-0.25, -0.2) is 0 Å². The Hall–Kier alpha value is -1.86. The van der Waals surface area contributed by atoms with Crippen molar-refractivity contribution in [2.24, 2.45) is 5.41 Å². The number of nitrogens with one attached hydrogen (secondary N) is 1. The number of carbonyl (C=O) groups is 1. The SMILES string of the molecule is COCCN1C[C@@]2(CCCN(Cc3cc(=O)c(OC)c[nH]3)C2)CCC1=O. The number of aromatic nitrogens is 1. The molecule has 3 rings (SSSR count). The first-order chi connectivity index (χ1) is 12.5. The lowest BCUT2D eigenvalue weighted by atomic mass is 9.73. The molecular weight excluding hydrogens is 334 g/mol. The zero-order chi connectivity index (χ0) is 18.6. The largest absolute Gasteiger partial charge is 0.491 e. The lowest BCUT2D eigenvalue weighted by Gasteiger charge is -2.48. The van der Waals surface area contributed by atoms with Gasteiger partial charge in [-0.3, -0.25) is 14.5 Å². The molecule has 0 bridgehead atoms. The van der Waals surface area contributed by atoms with E-state index in [9.17, 15) is 9.59 Å². The number of amides is 1. The van der Waals surface area contributed by atoms with E-state index >= 15 is 0 Å². The third kappa shape index (κ3) is 4.27. The number of piperidine rings is 2. The number of hydrogen-bond acceptors (Lipinski definition) is 5. The summed E-state index contributed by atoms with van der Waals surface area (Å²) in [5.74, 6) is 0.577. The van der Waals surface area contributed by atoms with Gasteiger partial charge >= 0.3 is 0 Å². The number of methoxy groups -OCH3 is 2. The quantitative estimate of drug-likeness (QED) is 0.823. The van der Waals surface area contributed by atoms with E-state index in [1.807, 2.05) is 4.90 Å². The van der Waals surface area contributed by atoms with Gasteiger partial charge in [-0.15, -0.1) is 0 Å². The van der Waals surface area contributed by atoms with E-state index in [4.69, 9.17) is 9.47 Å². The molecule has 1 aromatic rings. The van der Waals surface area contributed by atoms with Crippen molar-refractivity contribution >= 4 is 5.91 Å². The van der Waals surface area contributed by atoms with Gasteiger partial charge in [0.25, 0.3) is 0 Å². The van der Waals surface area contributed by atoms with Crippen LogP contribution < -0.4 is 10.2 Å². The van der Waals surface area contributed by atoms with E-state index in [1.165, 1.54) is 7.11 Å². The zero-order valence-electron chi connectivity index (χ0n) is 15.8. The highest BCUT2D eigenvalue weighted by Gasteiger charge is 2.41. The first-order valence-corrected chi connectivity index (χ1v) is 9.30. The smallest absolute Gasteiger partial charge is 0.223 e. The maximum atomic E-state index is 12.2. The fourth-order valence-corrected chi connectivity index (χ4v) is 4.28. The van der Waals surface area contributed by atoms with E-state index in [0.29, 0.717) is 31.9 Å². The molecule has 7 nitrogen and oxygen atoms in total. The topological polar surface area (TPSA) is 74.9 Å². The van der Waals surface area contributed by atoms with Crippen LogP contribution in [0, 0.1) is 5.41 Å². The zero-order valence-corrected chi connectivity index (χ0v) is 15.8. The molecule has 0 radical (unpaired) electrons. The highest BCUT2D eigenvalue weighted by Crippen LogP contribution is 2.39. The highest BCUT2D eigenvalue weighted by atomic mass is 16.5. The van der Waals surface area contributed by atoms with Crippen LogP contribution in [0.15, 0.2) is 17.1 Å². The molecule has 0 saturated carbocycles. The molecule has 144 valence electrons. The lowest BCUT2D eigenvalue weighted by molar-refractivity contribution is -0.140. The van der Waals surface area contributed by atoms with Gasteiger partial charge in [-0.05, 0) is 25.8 Å². The molecule has 1 amide bonds. The van der Waals surface area contributed by atoms with Crippen LogP contribution in [-0.2, 0) is 16.1 Å². The number of aromatic amines is 1. The normalized spacial score (nSPS) is 24.2. The summed E-state index contributed by atoms with van der Waals surface area (Å²) in [6.45, 7) is 4.75. The lowest BCUT2D eigenvalue weighted by Crippen LogP contribution is -2.54. The molecule has 0 aromatic carbocycles. The van der Waals surface area contributed by atoms with Crippen LogP contribution in [0.3, 0.4) is 0 Å². The van der Waals surface area contributed by atoms with Crippen molar-refractivity contribution in [3.8, 4) is 5.75 Å². The molecule has 2 fully saturated rings. The predicted molar refractivity (Wildman–Crippen MR) is 98.2 cm³/mol. The van der Waals surface area contributed by atoms with E-state index in [1.54, 1.807) is 19.4 Å². The van der Waals surface area contributed by atoms with E-state index in [2.05, 4.69) is 9.88 Å². The Morgan fingerprint density at radius 2 is 2.08 bits per heavy atom. The number of carbonyl (C=O) groups excluding carboxylic acids is 1. The molecule has 1 spiro atoms. The first-order valence-electron chi connectivity index (χ1n) is 9.30. The van der Waals surface area contributed by atoms with Gasteiger partial charge in [-0.2, -0.15) is 0 Å². The van der Waals surface area contributed by atoms with Gasteiger partial charge < -0.3 is 19.4 Å². The summed E-state index contributed by atoms with van der Waals surface area (Å²) < 4.78 is 10.2. The maximum Gasteiger partial charge on any atom is 0.223 e. The Bertz CT molecular complexity index is 690. The summed E-state index contributed by atoms with van der Waals surface area (Å²) in [6, 6.07) is 1.62. The molecule has 1 aromatic heterocycles. The Kier molecular flexibility index (Phi) is 5.98. The van der Waals surface area contributed by atoms with Crippen LogP contribution in [0.4, 0.5) is 0 Å². The van der Waals surface area contributed by atoms with Crippen molar-refractivity contribution in [3.05, 3.63) is 28.2 Å². The number of pyridine rings is 1. The summed E-state index contributed by atoms with van der Waals surface area (Å²) in [6.07, 6.45) is 5.47. The Balaban J connectivity index is 1.65. The van der Waals surface area contributed by atoms with Crippen LogP contribution >= 0.6 is 0 Å². The van der Waals surface area contributed by atoms with Crippen LogP contribution in [-0.4, -0.2) is 67.7 Å². The van der Waals surface area contributed by atoms with Crippen LogP contribution in [0.2, 0.25) is 0 Å². The van der Waals surface area contributed by atoms with Crippen molar-refractivity contribution in [1.82, 2.24) is 14.8 Å². The molecular formula is C19H29N3O4. The predicted octanol–water partition coefficient (Wildman–Crippen LogP) is 1.23. The highest BCUT2D eigenvalue weighted by molar-refractivity contribution is 5.77. The van der Waals surface area contributed by atoms with Gasteiger partial charge in [0.05, 0.1) is 13.7 Å². The van der Waals surface area contributed by atoms with Crippen molar-refractivity contribution in [1.29, 1.82) is 0 Å². The molecule has 0 unspecified atom stereocenters. The molecule has 3 heterocycles. The standard InChI is InChI=1S/C19H29N3O4/c1-25-9-8-22-14-19(6-4-18(22)24)5-3-7-21(13-19)12-15-10-16(23)17(26-2)11-20-15/h10-11H,3-9,12-14H2,1-2H3,(H,20,23)/t19-/m0/s1. The summed E-state index contributed by atoms with van der Waals surface area (Å²) >= 11 is 0. The van der Waals surface area contributed by atoms with E-state index in [0.717, 1.165) is 44.6 Å². The van der Waals surface area contributed by atoms with E-state index in [-0.39, 0.29) is 16.8 Å². The summed E-state index contributed by atoms with van der Waals surface area (Å²) in [5.41, 5.74) is 0.963. The number of rotatable bonds is 6. The minimum absolute atomic E-state index is 0.0954. The second-order valence-corrected chi connectivity index (χ2v) is 7.51. The van der Waals surface area contributed by atoms with Crippen LogP contribution in [0.1, 0.15) is 31.4 Å². The monoisotopic (exact) mass is 363 g/mol. The van der Waals surface area contributed by atoms with E-state index < -0.39 is 0 Å². The first kappa shape index (κ1) is 18.9. The van der Waals surface area contributed by atoms with Gasteiger partial charge in [-0.1, -0.05) is 0 Å². The number of H-pyrrole nitrogens is 1. The van der Waals surface area contributed by atoms with Gasteiger partial charge in [0.1, 0.15) is 0 Å². The molecule has 0 aliphatic carbocycles. The minimum Gasteiger partial charge on any atom is -0.491 e. The second-order valence-electron chi connectivity index (χ2n) is 7.51. The molecule has 1 N–H and O–H groups in total. The number of hydrogen-bond donors (Lipinski definition) is 1. The van der Waals surface area contributed by atoms with Crippen molar-refractivity contribution < 1.29 is 14.3 Å². The fraction of sp³-hybridized carbons (Fsp3) is 0.684. The fourth-order valence-electron chi connectivity index (χ4n) is 4.28. The Morgan fingerprint density at radius 3 is 2.81 bits per heavy atom. The Morgan fingerprint density at radius 1 is 1.23 bits per heavy atom. The summed E-state index contributed by atoms with van der Waals surface area (Å²) in [4.78, 5) is 31.7. The molecule has 26 heavy (non-hydrogen) atoms. The summed E-state index contributed by atoms with van der Waals surface area (Å²) in [7, 11) is 3.17. The third-order valence-electron chi connectivity index (χ3n) is 5.60. The Labute approximate surface area is 154 Å². The molecule has 2 aliphatic heterocycles. The maximum absolute atomic E-state index is 12.2. The second kappa shape index (κ2) is 8.22.